The van der Waals surface area contributed by atoms with Crippen LogP contribution in [0.4, 0.5) is 0 Å². The van der Waals surface area contributed by atoms with Gasteiger partial charge in [-0.05, 0) is 29.5 Å². The van der Waals surface area contributed by atoms with Crippen LogP contribution in [0.25, 0.3) is 11.3 Å². The lowest BCUT2D eigenvalue weighted by molar-refractivity contribution is -0.121. The summed E-state index contributed by atoms with van der Waals surface area (Å²) in [5.41, 5.74) is 2.14. The topological polar surface area (TPSA) is 113 Å². The van der Waals surface area contributed by atoms with Gasteiger partial charge in [0.05, 0.1) is 13.2 Å². The molecule has 2 amide bonds. The Bertz CT molecular complexity index is 1140. The predicted molar refractivity (Wildman–Crippen MR) is 126 cm³/mol. The standard InChI is InChI=1S/C25H31N5O4/c1-25(2,3)18-7-5-16(6-8-18)19-9-10-20(34-19)24(32)30(14-22(31)26-4)13-21-27-23(29-28-21)17-11-12-33-15-17/h5-10,17H,11-15H2,1-4H3,(H,26,31)(H,27,28,29). The first-order valence-electron chi connectivity index (χ1n) is 11.4. The summed E-state index contributed by atoms with van der Waals surface area (Å²) < 4.78 is 11.3. The summed E-state index contributed by atoms with van der Waals surface area (Å²) in [6.07, 6.45) is 0.865. The van der Waals surface area contributed by atoms with Gasteiger partial charge >= 0.3 is 0 Å². The van der Waals surface area contributed by atoms with Crippen molar-refractivity contribution in [2.75, 3.05) is 26.8 Å². The molecule has 34 heavy (non-hydrogen) atoms. The third-order valence-corrected chi connectivity index (χ3v) is 5.94. The van der Waals surface area contributed by atoms with Crippen LogP contribution < -0.4 is 5.32 Å². The van der Waals surface area contributed by atoms with E-state index in [-0.39, 0.29) is 36.1 Å². The second-order valence-electron chi connectivity index (χ2n) is 9.53. The molecule has 1 aliphatic rings. The number of amides is 2. The molecule has 3 aromatic rings. The fourth-order valence-electron chi connectivity index (χ4n) is 3.83. The Morgan fingerprint density at radius 2 is 1.94 bits per heavy atom. The third kappa shape index (κ3) is 5.36. The molecule has 1 atom stereocenters. The average molecular weight is 466 g/mol. The highest BCUT2D eigenvalue weighted by Crippen LogP contribution is 2.28. The number of H-pyrrole nitrogens is 1. The molecule has 3 heterocycles. The first-order valence-corrected chi connectivity index (χ1v) is 11.4. The predicted octanol–water partition coefficient (Wildman–Crippen LogP) is 3.25. The van der Waals surface area contributed by atoms with Crippen molar-refractivity contribution < 1.29 is 18.7 Å². The number of hydrogen-bond acceptors (Lipinski definition) is 6. The summed E-state index contributed by atoms with van der Waals surface area (Å²) in [6, 6.07) is 11.5. The van der Waals surface area contributed by atoms with E-state index >= 15 is 0 Å². The van der Waals surface area contributed by atoms with Crippen molar-refractivity contribution in [1.29, 1.82) is 0 Å². The van der Waals surface area contributed by atoms with E-state index in [4.69, 9.17) is 9.15 Å². The maximum absolute atomic E-state index is 13.3. The van der Waals surface area contributed by atoms with Crippen LogP contribution in [0.15, 0.2) is 40.8 Å². The summed E-state index contributed by atoms with van der Waals surface area (Å²) in [6.45, 7) is 7.72. The molecule has 1 aromatic carbocycles. The zero-order valence-corrected chi connectivity index (χ0v) is 20.1. The number of rotatable bonds is 7. The quantitative estimate of drug-likeness (QED) is 0.554. The van der Waals surface area contributed by atoms with Crippen LogP contribution in [0.2, 0.25) is 0 Å². The summed E-state index contributed by atoms with van der Waals surface area (Å²) in [5.74, 6) is 1.37. The van der Waals surface area contributed by atoms with Gasteiger partial charge in [-0.1, -0.05) is 45.0 Å². The van der Waals surface area contributed by atoms with E-state index < -0.39 is 5.91 Å². The Hall–Kier alpha value is -3.46. The first-order chi connectivity index (χ1) is 16.2. The molecule has 0 spiro atoms. The molecule has 0 bridgehead atoms. The number of hydrogen-bond donors (Lipinski definition) is 2. The number of aromatic amines is 1. The molecule has 2 aromatic heterocycles. The van der Waals surface area contributed by atoms with Gasteiger partial charge < -0.3 is 19.4 Å². The van der Waals surface area contributed by atoms with Crippen LogP contribution in [-0.4, -0.2) is 58.7 Å². The highest BCUT2D eigenvalue weighted by Gasteiger charge is 2.26. The summed E-state index contributed by atoms with van der Waals surface area (Å²) in [7, 11) is 1.53. The molecule has 9 heteroatoms. The minimum atomic E-state index is -0.400. The SMILES string of the molecule is CNC(=O)CN(Cc1nc(C2CCOC2)n[nH]1)C(=O)c1ccc(-c2ccc(C(C)(C)C)cc2)o1. The number of carbonyl (C=O) groups excluding carboxylic acids is 2. The zero-order chi connectivity index (χ0) is 24.3. The molecule has 1 saturated heterocycles. The lowest BCUT2D eigenvalue weighted by atomic mass is 9.86. The van der Waals surface area contributed by atoms with E-state index in [0.717, 1.165) is 12.0 Å². The number of likely N-dealkylation sites (N-methyl/N-ethyl adjacent to an activating group) is 1. The van der Waals surface area contributed by atoms with Gasteiger partial charge in [0.25, 0.3) is 5.91 Å². The molecule has 0 radical (unpaired) electrons. The van der Waals surface area contributed by atoms with Gasteiger partial charge in [0.2, 0.25) is 5.91 Å². The summed E-state index contributed by atoms with van der Waals surface area (Å²) in [4.78, 5) is 31.3. The molecule has 9 nitrogen and oxygen atoms in total. The molecule has 4 rings (SSSR count). The second-order valence-corrected chi connectivity index (χ2v) is 9.53. The van der Waals surface area contributed by atoms with E-state index in [9.17, 15) is 9.59 Å². The van der Waals surface area contributed by atoms with E-state index in [1.807, 2.05) is 12.1 Å². The number of benzene rings is 1. The minimum absolute atomic E-state index is 0.0501. The van der Waals surface area contributed by atoms with Gasteiger partial charge in [-0.3, -0.25) is 14.7 Å². The van der Waals surface area contributed by atoms with Gasteiger partial charge in [0, 0.05) is 25.1 Å². The van der Waals surface area contributed by atoms with Crippen molar-refractivity contribution >= 4 is 11.8 Å². The van der Waals surface area contributed by atoms with Gasteiger partial charge in [-0.2, -0.15) is 5.10 Å². The average Bonchev–Trinajstić information content (AvgIpc) is 3.59. The lowest BCUT2D eigenvalue weighted by Gasteiger charge is -2.19. The fourth-order valence-corrected chi connectivity index (χ4v) is 3.83. The van der Waals surface area contributed by atoms with Crippen molar-refractivity contribution in [1.82, 2.24) is 25.4 Å². The van der Waals surface area contributed by atoms with Crippen molar-refractivity contribution in [3.8, 4) is 11.3 Å². The van der Waals surface area contributed by atoms with E-state index in [0.29, 0.717) is 30.6 Å². The van der Waals surface area contributed by atoms with Crippen LogP contribution in [0.1, 0.15) is 60.9 Å². The molecule has 0 aliphatic carbocycles. The monoisotopic (exact) mass is 465 g/mol. The summed E-state index contributed by atoms with van der Waals surface area (Å²) in [5, 5.41) is 9.72. The Morgan fingerprint density at radius 3 is 2.59 bits per heavy atom. The van der Waals surface area contributed by atoms with Crippen molar-refractivity contribution in [2.45, 2.75) is 45.1 Å². The molecule has 1 aliphatic heterocycles. The molecule has 2 N–H and O–H groups in total. The fraction of sp³-hybridized carbons (Fsp3) is 0.440. The normalized spacial score (nSPS) is 15.9. The van der Waals surface area contributed by atoms with Gasteiger partial charge in [0.1, 0.15) is 18.1 Å². The number of carbonyl (C=O) groups is 2. The van der Waals surface area contributed by atoms with Crippen molar-refractivity contribution in [3.05, 3.63) is 59.4 Å². The van der Waals surface area contributed by atoms with Gasteiger partial charge in [0.15, 0.2) is 11.6 Å². The molecular weight excluding hydrogens is 434 g/mol. The van der Waals surface area contributed by atoms with Crippen molar-refractivity contribution in [3.63, 3.8) is 0 Å². The summed E-state index contributed by atoms with van der Waals surface area (Å²) >= 11 is 0. The Kier molecular flexibility index (Phi) is 6.83. The number of nitrogens with zero attached hydrogens (tertiary/aromatic N) is 3. The van der Waals surface area contributed by atoms with Gasteiger partial charge in [-0.25, -0.2) is 4.98 Å². The highest BCUT2D eigenvalue weighted by molar-refractivity contribution is 5.94. The van der Waals surface area contributed by atoms with Crippen LogP contribution in [0.5, 0.6) is 0 Å². The molecular formula is C25H31N5O4. The number of ether oxygens (including phenoxy) is 1. The molecule has 1 fully saturated rings. The van der Waals surface area contributed by atoms with Crippen LogP contribution >= 0.6 is 0 Å². The third-order valence-electron chi connectivity index (χ3n) is 5.94. The van der Waals surface area contributed by atoms with Crippen molar-refractivity contribution in [2.24, 2.45) is 0 Å². The first kappa shape index (κ1) is 23.7. The Balaban J connectivity index is 1.51. The molecule has 1 unspecified atom stereocenters. The van der Waals surface area contributed by atoms with Crippen LogP contribution in [0.3, 0.4) is 0 Å². The van der Waals surface area contributed by atoms with E-state index in [1.165, 1.54) is 17.5 Å². The maximum atomic E-state index is 13.3. The van der Waals surface area contributed by atoms with E-state index in [1.54, 1.807) is 12.1 Å². The van der Waals surface area contributed by atoms with Crippen LogP contribution in [0, 0.1) is 0 Å². The van der Waals surface area contributed by atoms with Gasteiger partial charge in [-0.15, -0.1) is 0 Å². The molecule has 0 saturated carbocycles. The number of nitrogens with one attached hydrogen (secondary N) is 2. The Morgan fingerprint density at radius 1 is 1.18 bits per heavy atom. The molecule has 180 valence electrons. The maximum Gasteiger partial charge on any atom is 0.290 e. The second kappa shape index (κ2) is 9.80. The van der Waals surface area contributed by atoms with Crippen LogP contribution in [-0.2, 0) is 21.5 Å². The number of aromatic nitrogens is 3. The van der Waals surface area contributed by atoms with E-state index in [2.05, 4.69) is 53.4 Å². The zero-order valence-electron chi connectivity index (χ0n) is 20.1. The smallest absolute Gasteiger partial charge is 0.290 e. The highest BCUT2D eigenvalue weighted by atomic mass is 16.5. The number of furan rings is 1. The minimum Gasteiger partial charge on any atom is -0.451 e. The Labute approximate surface area is 198 Å². The lowest BCUT2D eigenvalue weighted by Crippen LogP contribution is -2.39. The largest absolute Gasteiger partial charge is 0.451 e.